The first-order valence-electron chi connectivity index (χ1n) is 50.8. The van der Waals surface area contributed by atoms with Crippen molar-refractivity contribution in [1.82, 2.24) is 0 Å². The normalized spacial score (nSPS) is 10.6. The van der Waals surface area contributed by atoms with Crippen LogP contribution in [-0.2, 0) is 33.2 Å². The monoisotopic (exact) mass is 1620 g/mol. The summed E-state index contributed by atoms with van der Waals surface area (Å²) in [5, 5.41) is 0. The van der Waals surface area contributed by atoms with Crippen molar-refractivity contribution in [3.8, 4) is 0 Å². The summed E-state index contributed by atoms with van der Waals surface area (Å²) in [5.74, 6) is 5.42. The Morgan fingerprint density at radius 3 is 0.460 bits per heavy atom. The number of rotatable bonds is 61. The summed E-state index contributed by atoms with van der Waals surface area (Å²) in [4.78, 5) is 0. The van der Waals surface area contributed by atoms with Crippen molar-refractivity contribution < 1.29 is 33.2 Å². The van der Waals surface area contributed by atoms with E-state index in [-0.39, 0.29) is 0 Å². The Bertz CT molecular complexity index is 1220. The quantitative estimate of drug-likeness (QED) is 0.0562. The molecule has 0 aliphatic carbocycles. The molecule has 0 bridgehead atoms. The molecule has 0 unspecified atom stereocenters. The van der Waals surface area contributed by atoms with E-state index in [9.17, 15) is 0 Å². The van der Waals surface area contributed by atoms with Gasteiger partial charge in [-0.05, 0) is 178 Å². The second-order valence-electron chi connectivity index (χ2n) is 36.4. The van der Waals surface area contributed by atoms with Gasteiger partial charge in [0.05, 0.1) is 42.7 Å². The van der Waals surface area contributed by atoms with E-state index >= 15 is 0 Å². The van der Waals surface area contributed by atoms with Crippen LogP contribution in [0.4, 0.5) is 0 Å². The molecule has 0 N–H and O–H groups in total. The lowest BCUT2D eigenvalue weighted by atomic mass is 10.0. The fraction of sp³-hybridized carbons (Fsp3) is 1.00. The van der Waals surface area contributed by atoms with Crippen molar-refractivity contribution in [3.05, 3.63) is 0 Å². The van der Waals surface area contributed by atoms with Gasteiger partial charge in [-0.15, -0.1) is 0 Å². The van der Waals surface area contributed by atoms with Crippen LogP contribution in [0.1, 0.15) is 572 Å². The molecule has 704 valence electrons. The minimum absolute atomic E-state index is 0.398. The molecule has 0 aromatic heterocycles. The van der Waals surface area contributed by atoms with Crippen LogP contribution in [-0.4, -0.2) is 89.0 Å². The summed E-state index contributed by atoms with van der Waals surface area (Å²) in [6.45, 7) is 91.6. The van der Waals surface area contributed by atoms with Crippen LogP contribution in [0.3, 0.4) is 0 Å². The van der Waals surface area contributed by atoms with Crippen LogP contribution in [0, 0.1) is 35.5 Å². The van der Waals surface area contributed by atoms with E-state index < -0.39 is 0 Å². The molecule has 0 aliphatic heterocycles. The highest BCUT2D eigenvalue weighted by atomic mass is 16.5. The highest BCUT2D eigenvalue weighted by Crippen LogP contribution is 2.14. The van der Waals surface area contributed by atoms with Gasteiger partial charge in [0.1, 0.15) is 0 Å². The lowest BCUT2D eigenvalue weighted by Gasteiger charge is -2.06. The van der Waals surface area contributed by atoms with Crippen molar-refractivity contribution >= 4 is 0 Å². The SMILES string of the molecule is CCCC(C)C.CCCCC(C)C.CCCCCC(C)C.CCCCCCC(C)C.CCCCCCCC(C)C.CCCCCCCCC(C)C.CCCCCCCOC(C)C.CCCCCCCOC(C)C.CCCCCCOC(C)C.CCCCCOC(C)C.CCCCOC(C)C.CCCOC(C)C.CCOC(C)C. The Morgan fingerprint density at radius 1 is 0.124 bits per heavy atom. The summed E-state index contributed by atoms with van der Waals surface area (Å²) in [5.41, 5.74) is 0. The fourth-order valence-electron chi connectivity index (χ4n) is 10.2. The van der Waals surface area contributed by atoms with E-state index in [0.29, 0.717) is 42.7 Å². The predicted molar refractivity (Wildman–Crippen MR) is 527 cm³/mol. The first-order chi connectivity index (χ1) is 53.5. The van der Waals surface area contributed by atoms with Crippen molar-refractivity contribution in [2.45, 2.75) is 615 Å². The van der Waals surface area contributed by atoms with Crippen LogP contribution in [0.15, 0.2) is 0 Å². The Labute approximate surface area is 725 Å². The van der Waals surface area contributed by atoms with Gasteiger partial charge in [-0.1, -0.05) is 429 Å². The van der Waals surface area contributed by atoms with Crippen LogP contribution in [0.2, 0.25) is 0 Å². The largest absolute Gasteiger partial charge is 0.379 e. The lowest BCUT2D eigenvalue weighted by Crippen LogP contribution is -2.03. The molecule has 0 saturated carbocycles. The average Bonchev–Trinajstić information content (AvgIpc) is 2.60. The molecule has 7 nitrogen and oxygen atoms in total. The summed E-state index contributed by atoms with van der Waals surface area (Å²) in [6.07, 6.45) is 66.8. The lowest BCUT2D eigenvalue weighted by molar-refractivity contribution is 0.0755. The van der Waals surface area contributed by atoms with E-state index in [1.54, 1.807) is 0 Å². The fourth-order valence-corrected chi connectivity index (χ4v) is 10.2. The minimum atomic E-state index is 0.398. The number of hydrogen-bond acceptors (Lipinski definition) is 7. The van der Waals surface area contributed by atoms with Gasteiger partial charge in [0.25, 0.3) is 0 Å². The van der Waals surface area contributed by atoms with Crippen molar-refractivity contribution in [2.24, 2.45) is 35.5 Å². The van der Waals surface area contributed by atoms with Crippen molar-refractivity contribution in [1.29, 1.82) is 0 Å². The third-order valence-electron chi connectivity index (χ3n) is 17.2. The standard InChI is InChI=1S/C11H24.2C10H22O.C10H22.C9H20O.C9H20.C8H18O.C8H18.C7H16O.C7H16.C6H14O.C6H14.C5H12O/c1-4-5-6-7-8-9-10-11(2)3;2*1-4-5-6-7-8-9-11-10(2)3;1-4-5-6-7-8-9-10(2)3;1-4-5-6-7-8-10-9(2)3;1-4-5-6-7-8-9(2)3;1-4-5-6-7-9-8(2)3;1-4-5-6-7-8(2)3;1-4-5-6-8-7(2)3;1-4-5-6-7(2)3;1-4-5-7-6(2)3;1-4-5-6(2)3;1-4-6-5(2)3/h11H,4-10H2,1-3H3;2*10H,4-9H2,1-3H3;10H,4-9H2,1-3H3;9H,4-8H2,1-3H3;9H,4-8H2,1-3H3;8H,4-7H2,1-3H3;8H,4-7H2,1-3H3;7H,4-6H2,1-3H3;7H,4-6H2,1-3H3;6H,4-5H2,1-3H3;6H,4-5H2,1-3H3;5H,4H2,1-3H3. The Balaban J connectivity index is -0.0000000875. The third kappa shape index (κ3) is 247. The van der Waals surface area contributed by atoms with E-state index in [4.69, 9.17) is 33.2 Å². The molecule has 0 fully saturated rings. The molecule has 7 heteroatoms. The molecule has 113 heavy (non-hydrogen) atoms. The minimum Gasteiger partial charge on any atom is -0.379 e. The maximum atomic E-state index is 5.42. The highest BCUT2D eigenvalue weighted by molar-refractivity contribution is 4.52. The van der Waals surface area contributed by atoms with Gasteiger partial charge in [0, 0.05) is 46.2 Å². The maximum absolute atomic E-state index is 5.42. The molecule has 0 amide bonds. The van der Waals surface area contributed by atoms with E-state index in [0.717, 1.165) is 88.2 Å². The molecule has 0 aromatic carbocycles. The Hall–Kier alpha value is -0.280. The molecule has 0 radical (unpaired) electrons. The Kier molecular flexibility index (Phi) is 172. The van der Waals surface area contributed by atoms with Gasteiger partial charge in [-0.25, -0.2) is 0 Å². The molecule has 0 aromatic rings. The first kappa shape index (κ1) is 141. The summed E-state index contributed by atoms with van der Waals surface area (Å²) < 4.78 is 37.1. The summed E-state index contributed by atoms with van der Waals surface area (Å²) >= 11 is 0. The summed E-state index contributed by atoms with van der Waals surface area (Å²) in [6, 6.07) is 0. The summed E-state index contributed by atoms with van der Waals surface area (Å²) in [7, 11) is 0. The smallest absolute Gasteiger partial charge is 0.0518 e. The zero-order valence-corrected chi connectivity index (χ0v) is 87.5. The molecule has 0 atom stereocenters. The number of unbranched alkanes of at least 4 members (excludes halogenated alkanes) is 29. The topological polar surface area (TPSA) is 64.6 Å². The molecule has 0 spiro atoms. The van der Waals surface area contributed by atoms with Crippen LogP contribution in [0.25, 0.3) is 0 Å². The van der Waals surface area contributed by atoms with Gasteiger partial charge in [0.15, 0.2) is 0 Å². The zero-order valence-electron chi connectivity index (χ0n) is 87.5. The highest BCUT2D eigenvalue weighted by Gasteiger charge is 2.00. The first-order valence-corrected chi connectivity index (χ1v) is 50.8. The van der Waals surface area contributed by atoms with Crippen molar-refractivity contribution in [2.75, 3.05) is 46.2 Å². The molecule has 0 heterocycles. The van der Waals surface area contributed by atoms with E-state index in [2.05, 4.69) is 249 Å². The maximum Gasteiger partial charge on any atom is 0.0518 e. The second kappa shape index (κ2) is 138. The molecule has 0 aliphatic rings. The molecule has 0 saturated heterocycles. The number of ether oxygens (including phenoxy) is 7. The van der Waals surface area contributed by atoms with Crippen LogP contribution >= 0.6 is 0 Å². The van der Waals surface area contributed by atoms with Crippen LogP contribution < -0.4 is 0 Å². The average molecular weight is 1630 g/mol. The van der Waals surface area contributed by atoms with Gasteiger partial charge >= 0.3 is 0 Å². The van der Waals surface area contributed by atoms with Gasteiger partial charge in [-0.2, -0.15) is 0 Å². The van der Waals surface area contributed by atoms with Gasteiger partial charge in [-0.3, -0.25) is 0 Å². The van der Waals surface area contributed by atoms with Gasteiger partial charge in [0.2, 0.25) is 0 Å². The third-order valence-corrected chi connectivity index (χ3v) is 17.2. The van der Waals surface area contributed by atoms with E-state index in [1.807, 2.05) is 20.8 Å². The van der Waals surface area contributed by atoms with Crippen molar-refractivity contribution in [3.63, 3.8) is 0 Å². The zero-order chi connectivity index (χ0) is 89.6. The predicted octanol–water partition coefficient (Wildman–Crippen LogP) is 38.3. The number of hydrogen-bond donors (Lipinski definition) is 0. The molecular formula is C106H238O7. The van der Waals surface area contributed by atoms with Gasteiger partial charge < -0.3 is 33.2 Å². The van der Waals surface area contributed by atoms with Crippen LogP contribution in [0.5, 0.6) is 0 Å². The molecule has 0 rings (SSSR count). The Morgan fingerprint density at radius 2 is 0.283 bits per heavy atom. The second-order valence-corrected chi connectivity index (χ2v) is 36.4. The van der Waals surface area contributed by atoms with E-state index in [1.165, 1.54) is 295 Å². The molecular weight excluding hydrogens is 1390 g/mol.